The smallest absolute Gasteiger partial charge is 0.200 e. The van der Waals surface area contributed by atoms with Crippen LogP contribution in [0.2, 0.25) is 16.6 Å². The molecule has 0 radical (unpaired) electrons. The number of hydrogen-bond donors (Lipinski definition) is 2. The van der Waals surface area contributed by atoms with E-state index in [0.717, 1.165) is 5.56 Å². The third kappa shape index (κ3) is 7.40. The van der Waals surface area contributed by atoms with Gasteiger partial charge in [0.15, 0.2) is 14.6 Å². The molecule has 1 saturated heterocycles. The molecule has 2 rings (SSSR count). The summed E-state index contributed by atoms with van der Waals surface area (Å²) in [5.74, 6) is 5.72. The van der Waals surface area contributed by atoms with Gasteiger partial charge in [0.05, 0.1) is 19.3 Å². The van der Waals surface area contributed by atoms with E-state index in [0.29, 0.717) is 49.3 Å². The Morgan fingerprint density at radius 2 is 1.59 bits per heavy atom. The van der Waals surface area contributed by atoms with Crippen molar-refractivity contribution in [2.24, 2.45) is 11.8 Å². The molecule has 5 atom stereocenters. The van der Waals surface area contributed by atoms with Crippen LogP contribution in [0.15, 0.2) is 30.3 Å². The van der Waals surface area contributed by atoms with Crippen molar-refractivity contribution in [3.8, 4) is 11.8 Å². The van der Waals surface area contributed by atoms with E-state index in [-0.39, 0.29) is 11.8 Å². The Hall–Kier alpha value is -1.20. The van der Waals surface area contributed by atoms with Gasteiger partial charge in [0, 0.05) is 24.9 Å². The molecule has 1 fully saturated rings. The highest BCUT2D eigenvalue weighted by Crippen LogP contribution is 2.42. The second-order valence-corrected chi connectivity index (χ2v) is 16.0. The van der Waals surface area contributed by atoms with Crippen molar-refractivity contribution in [2.45, 2.75) is 103 Å². The Bertz CT molecular complexity index is 748. The van der Waals surface area contributed by atoms with Gasteiger partial charge >= 0.3 is 0 Å². The first-order valence-electron chi connectivity index (χ1n) is 12.9. The summed E-state index contributed by atoms with van der Waals surface area (Å²) in [6.07, 6.45) is -0.998. The van der Waals surface area contributed by atoms with Gasteiger partial charge in [0.25, 0.3) is 0 Å². The summed E-state index contributed by atoms with van der Waals surface area (Å²) in [6.45, 7) is 17.1. The average molecular weight is 491 g/mol. The molecule has 0 aliphatic carbocycles. The maximum absolute atomic E-state index is 10.9. The molecule has 1 aromatic rings. The highest BCUT2D eigenvalue weighted by atomic mass is 28.4. The number of hydrogen-bond acceptors (Lipinski definition) is 5. The van der Waals surface area contributed by atoms with Crippen LogP contribution in [0.1, 0.15) is 66.9 Å². The number of rotatable bonds is 11. The van der Waals surface area contributed by atoms with Crippen molar-refractivity contribution in [3.05, 3.63) is 35.9 Å². The molecular formula is C28H46O5Si. The first-order valence-corrected chi connectivity index (χ1v) is 15.0. The average Bonchev–Trinajstić information content (AvgIpc) is 2.79. The summed E-state index contributed by atoms with van der Waals surface area (Å²) >= 11 is 0. The van der Waals surface area contributed by atoms with Gasteiger partial charge in [-0.2, -0.15) is 0 Å². The summed E-state index contributed by atoms with van der Waals surface area (Å²) in [6, 6.07) is 10.1. The lowest BCUT2D eigenvalue weighted by atomic mass is 9.83. The van der Waals surface area contributed by atoms with E-state index in [1.54, 1.807) is 0 Å². The van der Waals surface area contributed by atoms with Gasteiger partial charge in [-0.05, 0) is 28.6 Å². The lowest BCUT2D eigenvalue weighted by molar-refractivity contribution is -0.231. The molecule has 1 heterocycles. The van der Waals surface area contributed by atoms with Gasteiger partial charge in [-0.1, -0.05) is 90.6 Å². The zero-order valence-electron chi connectivity index (χ0n) is 22.2. The Labute approximate surface area is 208 Å². The van der Waals surface area contributed by atoms with Crippen LogP contribution in [0.4, 0.5) is 0 Å². The molecule has 0 bridgehead atoms. The van der Waals surface area contributed by atoms with Crippen LogP contribution in [-0.2, 0) is 20.5 Å². The lowest BCUT2D eigenvalue weighted by Gasteiger charge is -2.44. The standard InChI is InChI=1S/C28H46O5Si/c1-20(2)34(21(3)4,22(5)6)32-18-16-25-26(33-28(30)23(7)27(25)29)15-11-12-17-31-19-24-13-9-8-10-14-24/h8-10,13-14,20-23,25-30H,12,16-19H2,1-7H3/t23-,25-,26-,27+,28?/m1/s1. The molecule has 0 amide bonds. The molecule has 5 nitrogen and oxygen atoms in total. The van der Waals surface area contributed by atoms with Crippen LogP contribution in [0, 0.1) is 23.7 Å². The number of benzene rings is 1. The van der Waals surface area contributed by atoms with E-state index in [1.807, 2.05) is 37.3 Å². The van der Waals surface area contributed by atoms with Crippen molar-refractivity contribution < 1.29 is 24.1 Å². The van der Waals surface area contributed by atoms with Gasteiger partial charge in [-0.25, -0.2) is 0 Å². The minimum Gasteiger partial charge on any atom is -0.416 e. The molecule has 1 aliphatic rings. The molecule has 0 saturated carbocycles. The summed E-state index contributed by atoms with van der Waals surface area (Å²) < 4.78 is 18.2. The van der Waals surface area contributed by atoms with Crippen LogP contribution in [0.25, 0.3) is 0 Å². The largest absolute Gasteiger partial charge is 0.416 e. The zero-order valence-corrected chi connectivity index (χ0v) is 23.2. The van der Waals surface area contributed by atoms with Gasteiger partial charge in [-0.3, -0.25) is 0 Å². The monoisotopic (exact) mass is 490 g/mol. The molecule has 2 N–H and O–H groups in total. The molecule has 6 heteroatoms. The molecule has 192 valence electrons. The molecular weight excluding hydrogens is 444 g/mol. The predicted molar refractivity (Wildman–Crippen MR) is 140 cm³/mol. The lowest BCUT2D eigenvalue weighted by Crippen LogP contribution is -2.51. The fourth-order valence-electron chi connectivity index (χ4n) is 5.51. The fourth-order valence-corrected chi connectivity index (χ4v) is 11.0. The van der Waals surface area contributed by atoms with Gasteiger partial charge in [-0.15, -0.1) is 0 Å². The topological polar surface area (TPSA) is 68.2 Å². The van der Waals surface area contributed by atoms with Gasteiger partial charge < -0.3 is 24.1 Å². The van der Waals surface area contributed by atoms with Crippen LogP contribution >= 0.6 is 0 Å². The maximum atomic E-state index is 10.9. The van der Waals surface area contributed by atoms with Crippen LogP contribution in [0.3, 0.4) is 0 Å². The summed E-state index contributed by atoms with van der Waals surface area (Å²) in [5, 5.41) is 21.2. The maximum Gasteiger partial charge on any atom is 0.200 e. The minimum absolute atomic E-state index is 0.200. The fraction of sp³-hybridized carbons (Fsp3) is 0.714. The quantitative estimate of drug-likeness (QED) is 0.243. The predicted octanol–water partition coefficient (Wildman–Crippen LogP) is 5.51. The van der Waals surface area contributed by atoms with Crippen molar-refractivity contribution in [1.29, 1.82) is 0 Å². The first-order chi connectivity index (χ1) is 16.1. The molecule has 34 heavy (non-hydrogen) atoms. The second-order valence-electron chi connectivity index (χ2n) is 10.5. The number of ether oxygens (including phenoxy) is 2. The Kier molecular flexibility index (Phi) is 11.8. The minimum atomic E-state index is -1.98. The number of aliphatic hydroxyl groups is 2. The highest BCUT2D eigenvalue weighted by molar-refractivity contribution is 6.77. The number of aliphatic hydroxyl groups excluding tert-OH is 2. The first kappa shape index (κ1) is 29.0. The van der Waals surface area contributed by atoms with E-state index in [9.17, 15) is 10.2 Å². The van der Waals surface area contributed by atoms with Crippen LogP contribution in [0.5, 0.6) is 0 Å². The highest BCUT2D eigenvalue weighted by Gasteiger charge is 2.46. The SMILES string of the molecule is CC(C)[Si](OCC[C@H]1[C@@H](O)[C@@H](C)C(O)O[C@@H]1C#CCCOCc1ccccc1)(C(C)C)C(C)C. The molecule has 1 aliphatic heterocycles. The van der Waals surface area contributed by atoms with Crippen molar-refractivity contribution >= 4 is 8.32 Å². The van der Waals surface area contributed by atoms with E-state index < -0.39 is 26.8 Å². The van der Waals surface area contributed by atoms with Crippen LogP contribution < -0.4 is 0 Å². The third-order valence-electron chi connectivity index (χ3n) is 7.34. The van der Waals surface area contributed by atoms with Gasteiger partial charge in [0.1, 0.15) is 6.10 Å². The summed E-state index contributed by atoms with van der Waals surface area (Å²) in [5.41, 5.74) is 2.65. The summed E-state index contributed by atoms with van der Waals surface area (Å²) in [4.78, 5) is 0. The summed E-state index contributed by atoms with van der Waals surface area (Å²) in [7, 11) is -1.98. The van der Waals surface area contributed by atoms with E-state index in [4.69, 9.17) is 13.9 Å². The second kappa shape index (κ2) is 13.8. The van der Waals surface area contributed by atoms with Crippen molar-refractivity contribution in [3.63, 3.8) is 0 Å². The zero-order chi connectivity index (χ0) is 25.3. The van der Waals surface area contributed by atoms with E-state index in [1.165, 1.54) is 0 Å². The van der Waals surface area contributed by atoms with Crippen molar-refractivity contribution in [1.82, 2.24) is 0 Å². The Balaban J connectivity index is 1.97. The normalized spacial score (nSPS) is 25.6. The van der Waals surface area contributed by atoms with Crippen LogP contribution in [-0.4, -0.2) is 50.2 Å². The van der Waals surface area contributed by atoms with E-state index in [2.05, 4.69) is 53.4 Å². The van der Waals surface area contributed by atoms with E-state index >= 15 is 0 Å². The molecule has 0 spiro atoms. The molecule has 1 aromatic carbocycles. The third-order valence-corrected chi connectivity index (χ3v) is 13.5. The van der Waals surface area contributed by atoms with Gasteiger partial charge in [0.2, 0.25) is 0 Å². The van der Waals surface area contributed by atoms with Crippen molar-refractivity contribution in [2.75, 3.05) is 13.2 Å². The molecule has 0 aromatic heterocycles. The Morgan fingerprint density at radius 1 is 0.971 bits per heavy atom. The molecule has 1 unspecified atom stereocenters. The Morgan fingerprint density at radius 3 is 2.18 bits per heavy atom.